The van der Waals surface area contributed by atoms with E-state index in [1.54, 1.807) is 24.3 Å². The molecule has 0 saturated carbocycles. The molecular formula is C16H16N2O3. The Balaban J connectivity index is 1.54. The van der Waals surface area contributed by atoms with Gasteiger partial charge in [-0.25, -0.2) is 0 Å². The minimum absolute atomic E-state index is 0.0514. The Bertz CT molecular complexity index is 721. The topological polar surface area (TPSA) is 62.6 Å². The lowest BCUT2D eigenvalue weighted by atomic mass is 9.99. The zero-order valence-corrected chi connectivity index (χ0v) is 11.5. The van der Waals surface area contributed by atoms with E-state index in [0.717, 1.165) is 25.0 Å². The van der Waals surface area contributed by atoms with Crippen LogP contribution in [0, 0.1) is 5.92 Å². The maximum absolute atomic E-state index is 12.4. The van der Waals surface area contributed by atoms with E-state index in [1.165, 1.54) is 6.42 Å². The Morgan fingerprint density at radius 1 is 1.33 bits per heavy atom. The maximum atomic E-state index is 12.4. The van der Waals surface area contributed by atoms with Crippen LogP contribution in [-0.4, -0.2) is 42.8 Å². The van der Waals surface area contributed by atoms with Gasteiger partial charge in [-0.3, -0.25) is 9.59 Å². The lowest BCUT2D eigenvalue weighted by Gasteiger charge is -2.23. The summed E-state index contributed by atoms with van der Waals surface area (Å²) in [5, 5.41) is 3.91. The lowest BCUT2D eigenvalue weighted by Crippen LogP contribution is -2.43. The molecular weight excluding hydrogens is 268 g/mol. The van der Waals surface area contributed by atoms with Crippen LogP contribution < -0.4 is 5.32 Å². The number of fused-ring (bicyclic) bond motifs is 3. The smallest absolute Gasteiger partial charge is 0.251 e. The minimum Gasteiger partial charge on any atom is -0.453 e. The van der Waals surface area contributed by atoms with Gasteiger partial charge in [-0.05, 0) is 43.1 Å². The summed E-state index contributed by atoms with van der Waals surface area (Å²) in [4.78, 5) is 25.5. The largest absolute Gasteiger partial charge is 0.453 e. The molecule has 108 valence electrons. The second kappa shape index (κ2) is 4.70. The quantitative estimate of drug-likeness (QED) is 0.871. The van der Waals surface area contributed by atoms with Gasteiger partial charge in [0, 0.05) is 30.1 Å². The van der Waals surface area contributed by atoms with Crippen LogP contribution in [0.3, 0.4) is 0 Å². The maximum Gasteiger partial charge on any atom is 0.251 e. The van der Waals surface area contributed by atoms with E-state index >= 15 is 0 Å². The standard InChI is InChI=1S/C16H16N2O3/c19-9-13-6-12-5-10(1-2-15(12)21-13)16(20)17-14-8-18-4-3-11(14)7-18/h1-2,5-6,9,11,14H,3-4,7-8H2,(H,17,20)/t11-,14?/m1/s1. The molecule has 5 heteroatoms. The molecule has 2 aliphatic heterocycles. The van der Waals surface area contributed by atoms with Gasteiger partial charge < -0.3 is 14.6 Å². The van der Waals surface area contributed by atoms with Crippen molar-refractivity contribution in [3.63, 3.8) is 0 Å². The number of carbonyl (C=O) groups is 2. The van der Waals surface area contributed by atoms with Crippen molar-refractivity contribution >= 4 is 23.2 Å². The predicted molar refractivity (Wildman–Crippen MR) is 77.4 cm³/mol. The Hall–Kier alpha value is -2.14. The first kappa shape index (κ1) is 12.6. The van der Waals surface area contributed by atoms with Crippen molar-refractivity contribution < 1.29 is 14.0 Å². The zero-order chi connectivity index (χ0) is 14.4. The second-order valence-corrected chi connectivity index (χ2v) is 5.91. The van der Waals surface area contributed by atoms with Gasteiger partial charge >= 0.3 is 0 Å². The third-order valence-corrected chi connectivity index (χ3v) is 4.56. The number of piperidine rings is 1. The summed E-state index contributed by atoms with van der Waals surface area (Å²) < 4.78 is 5.32. The fraction of sp³-hybridized carbons (Fsp3) is 0.375. The van der Waals surface area contributed by atoms with Crippen molar-refractivity contribution in [2.45, 2.75) is 12.5 Å². The SMILES string of the molecule is O=Cc1cc2cc(C(=O)NC3CN4CC[C@@H]3C4)ccc2o1. The van der Waals surface area contributed by atoms with Crippen LogP contribution in [0.15, 0.2) is 28.7 Å². The second-order valence-electron chi connectivity index (χ2n) is 5.91. The summed E-state index contributed by atoms with van der Waals surface area (Å²) in [6.07, 6.45) is 1.85. The number of rotatable bonds is 3. The molecule has 1 aromatic carbocycles. The van der Waals surface area contributed by atoms with Crippen LogP contribution in [-0.2, 0) is 0 Å². The van der Waals surface area contributed by atoms with E-state index < -0.39 is 0 Å². The van der Waals surface area contributed by atoms with Crippen LogP contribution in [0.4, 0.5) is 0 Å². The average Bonchev–Trinajstić information content (AvgIpc) is 3.20. The van der Waals surface area contributed by atoms with Gasteiger partial charge in [0.05, 0.1) is 0 Å². The number of carbonyl (C=O) groups excluding carboxylic acids is 2. The van der Waals surface area contributed by atoms with E-state index in [9.17, 15) is 9.59 Å². The monoisotopic (exact) mass is 284 g/mol. The highest BCUT2D eigenvalue weighted by molar-refractivity contribution is 5.98. The number of hydrogen-bond acceptors (Lipinski definition) is 4. The highest BCUT2D eigenvalue weighted by Gasteiger charge is 2.38. The molecule has 3 atom stereocenters. The van der Waals surface area contributed by atoms with Crippen LogP contribution in [0.25, 0.3) is 11.0 Å². The first-order valence-corrected chi connectivity index (χ1v) is 7.25. The number of aldehydes is 1. The van der Waals surface area contributed by atoms with Gasteiger partial charge in [-0.1, -0.05) is 0 Å². The van der Waals surface area contributed by atoms with Gasteiger partial charge in [-0.2, -0.15) is 0 Å². The molecule has 4 rings (SSSR count). The van der Waals surface area contributed by atoms with Crippen molar-refractivity contribution in [1.82, 2.24) is 10.2 Å². The van der Waals surface area contributed by atoms with E-state index in [4.69, 9.17) is 4.42 Å². The molecule has 2 fully saturated rings. The predicted octanol–water partition coefficient (Wildman–Crippen LogP) is 1.68. The molecule has 1 N–H and O–H groups in total. The molecule has 1 amide bonds. The molecule has 2 bridgehead atoms. The Morgan fingerprint density at radius 3 is 2.95 bits per heavy atom. The summed E-state index contributed by atoms with van der Waals surface area (Å²) >= 11 is 0. The van der Waals surface area contributed by atoms with Crippen molar-refractivity contribution in [1.29, 1.82) is 0 Å². The first-order chi connectivity index (χ1) is 10.2. The number of nitrogens with zero attached hydrogens (tertiary/aromatic N) is 1. The Labute approximate surface area is 121 Å². The molecule has 3 heterocycles. The van der Waals surface area contributed by atoms with Crippen LogP contribution in [0.5, 0.6) is 0 Å². The average molecular weight is 284 g/mol. The Morgan fingerprint density at radius 2 is 2.24 bits per heavy atom. The molecule has 0 radical (unpaired) electrons. The van der Waals surface area contributed by atoms with Crippen LogP contribution in [0.1, 0.15) is 27.3 Å². The highest BCUT2D eigenvalue weighted by atomic mass is 16.3. The van der Waals surface area contributed by atoms with Crippen molar-refractivity contribution in [2.75, 3.05) is 19.6 Å². The number of amides is 1. The van der Waals surface area contributed by atoms with Crippen LogP contribution in [0.2, 0.25) is 0 Å². The molecule has 2 saturated heterocycles. The summed E-state index contributed by atoms with van der Waals surface area (Å²) in [7, 11) is 0. The van der Waals surface area contributed by atoms with E-state index in [1.807, 2.05) is 0 Å². The molecule has 2 aromatic rings. The number of furan rings is 1. The Kier molecular flexibility index (Phi) is 2.82. The van der Waals surface area contributed by atoms with Gasteiger partial charge in [0.1, 0.15) is 5.58 Å². The van der Waals surface area contributed by atoms with E-state index in [-0.39, 0.29) is 17.7 Å². The molecule has 5 nitrogen and oxygen atoms in total. The van der Waals surface area contributed by atoms with Crippen LogP contribution >= 0.6 is 0 Å². The molecule has 0 aliphatic carbocycles. The molecule has 2 aliphatic rings. The summed E-state index contributed by atoms with van der Waals surface area (Å²) in [6.45, 7) is 3.22. The van der Waals surface area contributed by atoms with Gasteiger partial charge in [0.15, 0.2) is 12.0 Å². The number of benzene rings is 1. The van der Waals surface area contributed by atoms with Crippen molar-refractivity contribution in [2.24, 2.45) is 5.92 Å². The molecule has 21 heavy (non-hydrogen) atoms. The van der Waals surface area contributed by atoms with Crippen molar-refractivity contribution in [3.05, 3.63) is 35.6 Å². The summed E-state index contributed by atoms with van der Waals surface area (Å²) in [6, 6.07) is 7.17. The first-order valence-electron chi connectivity index (χ1n) is 7.25. The molecule has 1 aromatic heterocycles. The lowest BCUT2D eigenvalue weighted by molar-refractivity contribution is 0.0924. The highest BCUT2D eigenvalue weighted by Crippen LogP contribution is 2.28. The summed E-state index contributed by atoms with van der Waals surface area (Å²) in [5.74, 6) is 0.821. The number of nitrogens with one attached hydrogen (secondary N) is 1. The van der Waals surface area contributed by atoms with E-state index in [2.05, 4.69) is 10.2 Å². The molecule has 2 unspecified atom stereocenters. The fourth-order valence-corrected chi connectivity index (χ4v) is 3.46. The van der Waals surface area contributed by atoms with Gasteiger partial charge in [0.2, 0.25) is 0 Å². The van der Waals surface area contributed by atoms with Crippen molar-refractivity contribution in [3.8, 4) is 0 Å². The minimum atomic E-state index is -0.0514. The summed E-state index contributed by atoms with van der Waals surface area (Å²) in [5.41, 5.74) is 1.23. The van der Waals surface area contributed by atoms with Gasteiger partial charge in [-0.15, -0.1) is 0 Å². The molecule has 0 spiro atoms. The third-order valence-electron chi connectivity index (χ3n) is 4.56. The fourth-order valence-electron chi connectivity index (χ4n) is 3.46. The normalized spacial score (nSPS) is 27.1. The van der Waals surface area contributed by atoms with E-state index in [0.29, 0.717) is 23.4 Å². The van der Waals surface area contributed by atoms with Gasteiger partial charge in [0.25, 0.3) is 5.91 Å². The third kappa shape index (κ3) is 2.14. The zero-order valence-electron chi connectivity index (χ0n) is 11.5. The number of hydrogen-bond donors (Lipinski definition) is 1.